The fourth-order valence-corrected chi connectivity index (χ4v) is 6.45. The Kier molecular flexibility index (Phi) is 7.93. The average Bonchev–Trinajstić information content (AvgIpc) is 3.55. The third-order valence-corrected chi connectivity index (χ3v) is 8.57. The van der Waals surface area contributed by atoms with Gasteiger partial charge in [-0.25, -0.2) is 19.6 Å². The molecule has 47 heavy (non-hydrogen) atoms. The molecule has 0 unspecified atom stereocenters. The molecule has 5 aromatic rings. The molecule has 0 spiro atoms. The highest BCUT2D eigenvalue weighted by atomic mass is 35.5. The number of aliphatic imine (C=N–C) groups is 1. The van der Waals surface area contributed by atoms with E-state index in [2.05, 4.69) is 20.8 Å². The van der Waals surface area contributed by atoms with Crippen molar-refractivity contribution in [1.29, 1.82) is 0 Å². The van der Waals surface area contributed by atoms with Crippen molar-refractivity contribution in [2.45, 2.75) is 32.5 Å². The summed E-state index contributed by atoms with van der Waals surface area (Å²) in [7, 11) is 1.97. The first-order valence-corrected chi connectivity index (χ1v) is 15.5. The van der Waals surface area contributed by atoms with Crippen LogP contribution in [-0.4, -0.2) is 60.4 Å². The van der Waals surface area contributed by atoms with E-state index in [-0.39, 0.29) is 24.5 Å². The Balaban J connectivity index is 1.14. The van der Waals surface area contributed by atoms with Crippen LogP contribution in [0.5, 0.6) is 0 Å². The van der Waals surface area contributed by atoms with Crippen LogP contribution >= 0.6 is 11.6 Å². The van der Waals surface area contributed by atoms with Gasteiger partial charge in [-0.05, 0) is 55.4 Å². The van der Waals surface area contributed by atoms with Crippen molar-refractivity contribution in [2.24, 2.45) is 4.99 Å². The van der Waals surface area contributed by atoms with Gasteiger partial charge in [0.2, 0.25) is 0 Å². The Morgan fingerprint density at radius 3 is 2.62 bits per heavy atom. The second-order valence-electron chi connectivity index (χ2n) is 11.5. The first kappa shape index (κ1) is 30.2. The summed E-state index contributed by atoms with van der Waals surface area (Å²) in [5.74, 6) is 1.56. The molecule has 4 heterocycles. The molecule has 0 atom stereocenters. The van der Waals surface area contributed by atoms with E-state index in [0.717, 1.165) is 33.8 Å². The molecule has 0 saturated heterocycles. The Morgan fingerprint density at radius 1 is 1.02 bits per heavy atom. The van der Waals surface area contributed by atoms with E-state index in [1.807, 2.05) is 82.9 Å². The van der Waals surface area contributed by atoms with Crippen LogP contribution in [0, 0.1) is 12.3 Å². The minimum absolute atomic E-state index is 0.0616. The standard InChI is InChI=1S/C36H29ClN6O4/c1-3-22-11-13-28-26(16-22)32(23-8-5-4-6-9-23)38-18-29-33(35(44)45)40-31(43(28)29)10-7-15-47-36(46)34-30-20-41(2)19-24-17-25(37)12-14-27(24)42(30)21-39-34/h1,4-6,8-9,11-14,16-17,21H,7,10,15,18-20H2,2H3,(H,44,45). The van der Waals surface area contributed by atoms with Crippen molar-refractivity contribution >= 4 is 29.3 Å². The predicted molar refractivity (Wildman–Crippen MR) is 177 cm³/mol. The Morgan fingerprint density at radius 2 is 1.83 bits per heavy atom. The van der Waals surface area contributed by atoms with Crippen LogP contribution in [0.2, 0.25) is 5.02 Å². The maximum atomic E-state index is 13.3. The lowest BCUT2D eigenvalue weighted by Gasteiger charge is -2.15. The number of carboxylic acid groups (broad SMARTS) is 1. The molecule has 0 radical (unpaired) electrons. The maximum absolute atomic E-state index is 13.3. The number of benzene rings is 3. The molecular formula is C36H29ClN6O4. The Hall–Kier alpha value is -5.50. The number of fused-ring (bicyclic) bond motifs is 6. The van der Waals surface area contributed by atoms with Gasteiger partial charge in [0.25, 0.3) is 0 Å². The van der Waals surface area contributed by atoms with Gasteiger partial charge in [-0.3, -0.25) is 14.5 Å². The number of hydrogen-bond donors (Lipinski definition) is 1. The second kappa shape index (κ2) is 12.4. The van der Waals surface area contributed by atoms with E-state index in [0.29, 0.717) is 53.7 Å². The average molecular weight is 645 g/mol. The van der Waals surface area contributed by atoms with Gasteiger partial charge < -0.3 is 14.4 Å². The number of ether oxygens (including phenoxy) is 1. The highest BCUT2D eigenvalue weighted by Crippen LogP contribution is 2.31. The maximum Gasteiger partial charge on any atom is 0.358 e. The van der Waals surface area contributed by atoms with Gasteiger partial charge >= 0.3 is 11.9 Å². The molecule has 2 aliphatic heterocycles. The minimum Gasteiger partial charge on any atom is -0.476 e. The quantitative estimate of drug-likeness (QED) is 0.142. The molecule has 11 heteroatoms. The largest absolute Gasteiger partial charge is 0.476 e. The van der Waals surface area contributed by atoms with Crippen LogP contribution in [0.3, 0.4) is 0 Å². The molecule has 0 bridgehead atoms. The molecule has 1 N–H and O–H groups in total. The van der Waals surface area contributed by atoms with Crippen LogP contribution < -0.4 is 0 Å². The van der Waals surface area contributed by atoms with Crippen molar-refractivity contribution in [1.82, 2.24) is 24.0 Å². The van der Waals surface area contributed by atoms with Crippen molar-refractivity contribution in [3.63, 3.8) is 0 Å². The molecule has 234 valence electrons. The summed E-state index contributed by atoms with van der Waals surface area (Å²) in [6.45, 7) is 1.38. The lowest BCUT2D eigenvalue weighted by molar-refractivity contribution is 0.0491. The molecule has 3 aromatic carbocycles. The normalized spacial score (nSPS) is 13.6. The number of hydrogen-bond acceptors (Lipinski definition) is 7. The van der Waals surface area contributed by atoms with Gasteiger partial charge in [-0.2, -0.15) is 0 Å². The van der Waals surface area contributed by atoms with E-state index < -0.39 is 11.9 Å². The summed E-state index contributed by atoms with van der Waals surface area (Å²) >= 11 is 6.24. The summed E-state index contributed by atoms with van der Waals surface area (Å²) < 4.78 is 9.47. The molecule has 0 fully saturated rings. The number of halogens is 1. The van der Waals surface area contributed by atoms with Crippen LogP contribution in [0.1, 0.15) is 66.9 Å². The molecule has 10 nitrogen and oxygen atoms in total. The zero-order valence-corrected chi connectivity index (χ0v) is 26.2. The number of carboxylic acids is 1. The number of nitrogens with zero attached hydrogens (tertiary/aromatic N) is 6. The lowest BCUT2D eigenvalue weighted by Crippen LogP contribution is -2.19. The van der Waals surface area contributed by atoms with Crippen molar-refractivity contribution in [2.75, 3.05) is 13.7 Å². The lowest BCUT2D eigenvalue weighted by atomic mass is 9.98. The molecule has 0 amide bonds. The van der Waals surface area contributed by atoms with Gasteiger partial charge in [-0.1, -0.05) is 47.9 Å². The number of aromatic nitrogens is 4. The predicted octanol–water partition coefficient (Wildman–Crippen LogP) is 5.48. The number of imidazole rings is 2. The minimum atomic E-state index is -1.14. The van der Waals surface area contributed by atoms with Crippen molar-refractivity contribution in [3.05, 3.63) is 129 Å². The number of aromatic carboxylic acids is 1. The number of carbonyl (C=O) groups is 2. The van der Waals surface area contributed by atoms with E-state index in [4.69, 9.17) is 27.8 Å². The Labute approximate surface area is 275 Å². The highest BCUT2D eigenvalue weighted by molar-refractivity contribution is 6.30. The van der Waals surface area contributed by atoms with Gasteiger partial charge in [0, 0.05) is 41.2 Å². The Bertz CT molecular complexity index is 2120. The summed E-state index contributed by atoms with van der Waals surface area (Å²) in [5.41, 5.74) is 7.16. The molecule has 2 aliphatic rings. The first-order valence-electron chi connectivity index (χ1n) is 15.1. The monoisotopic (exact) mass is 644 g/mol. The fraction of sp³-hybridized carbons (Fsp3) is 0.194. The summed E-state index contributed by atoms with van der Waals surface area (Å²) in [6, 6.07) is 21.0. The fourth-order valence-electron chi connectivity index (χ4n) is 6.25. The number of aryl methyl sites for hydroxylation is 1. The van der Waals surface area contributed by atoms with Crippen LogP contribution in [0.15, 0.2) is 78.0 Å². The van der Waals surface area contributed by atoms with Crippen LogP contribution in [0.25, 0.3) is 11.4 Å². The highest BCUT2D eigenvalue weighted by Gasteiger charge is 2.29. The zero-order valence-electron chi connectivity index (χ0n) is 25.5. The molecule has 2 aromatic heterocycles. The van der Waals surface area contributed by atoms with Gasteiger partial charge in [0.05, 0.1) is 41.6 Å². The van der Waals surface area contributed by atoms with Gasteiger partial charge in [0.1, 0.15) is 12.2 Å². The van der Waals surface area contributed by atoms with E-state index >= 15 is 0 Å². The van der Waals surface area contributed by atoms with Gasteiger partial charge in [-0.15, -0.1) is 6.42 Å². The molecular weight excluding hydrogens is 616 g/mol. The SMILES string of the molecule is C#Cc1ccc2c(c1)C(c1ccccc1)=NCc1c(C(=O)O)nc(CCCOC(=O)c3ncn4c3CN(C)Cc3cc(Cl)ccc3-4)n1-2. The number of carbonyl (C=O) groups excluding carboxylic acids is 1. The molecule has 0 aliphatic carbocycles. The van der Waals surface area contributed by atoms with Crippen molar-refractivity contribution in [3.8, 4) is 23.7 Å². The molecule has 7 rings (SSSR count). The molecule has 0 saturated carbocycles. The van der Waals surface area contributed by atoms with E-state index in [9.17, 15) is 14.7 Å². The zero-order chi connectivity index (χ0) is 32.7. The summed E-state index contributed by atoms with van der Waals surface area (Å²) in [6.07, 6.45) is 8.15. The van der Waals surface area contributed by atoms with Crippen molar-refractivity contribution < 1.29 is 19.4 Å². The summed E-state index contributed by atoms with van der Waals surface area (Å²) in [5, 5.41) is 10.7. The number of rotatable bonds is 7. The third-order valence-electron chi connectivity index (χ3n) is 8.34. The second-order valence-corrected chi connectivity index (χ2v) is 11.9. The van der Waals surface area contributed by atoms with Crippen LogP contribution in [-0.2, 0) is 30.8 Å². The van der Waals surface area contributed by atoms with E-state index in [1.165, 1.54) is 0 Å². The van der Waals surface area contributed by atoms with Gasteiger partial charge in [0.15, 0.2) is 11.4 Å². The van der Waals surface area contributed by atoms with E-state index in [1.54, 1.807) is 6.33 Å². The topological polar surface area (TPSA) is 115 Å². The summed E-state index contributed by atoms with van der Waals surface area (Å²) in [4.78, 5) is 41.5. The number of esters is 1. The van der Waals surface area contributed by atoms with Crippen LogP contribution in [0.4, 0.5) is 0 Å². The smallest absolute Gasteiger partial charge is 0.358 e. The number of terminal acetylenes is 1. The third kappa shape index (κ3) is 5.60. The first-order chi connectivity index (χ1) is 22.8.